The summed E-state index contributed by atoms with van der Waals surface area (Å²) in [5.74, 6) is -0.775. The fourth-order valence-corrected chi connectivity index (χ4v) is 4.67. The lowest BCUT2D eigenvalue weighted by molar-refractivity contribution is -0.0844. The van der Waals surface area contributed by atoms with E-state index in [1.807, 2.05) is 84.9 Å². The summed E-state index contributed by atoms with van der Waals surface area (Å²) in [4.78, 5) is 0. The van der Waals surface area contributed by atoms with Crippen molar-refractivity contribution in [2.75, 3.05) is 13.2 Å². The lowest BCUT2D eigenvalue weighted by Gasteiger charge is -2.36. The summed E-state index contributed by atoms with van der Waals surface area (Å²) < 4.78 is 64.2. The van der Waals surface area contributed by atoms with Crippen LogP contribution in [-0.2, 0) is 25.6 Å². The van der Waals surface area contributed by atoms with E-state index in [2.05, 4.69) is 18.0 Å². The maximum atomic E-state index is 13.0. The Morgan fingerprint density at radius 3 is 1.57 bits per heavy atom. The van der Waals surface area contributed by atoms with Gasteiger partial charge in [0.1, 0.15) is 17.2 Å². The van der Waals surface area contributed by atoms with Crippen molar-refractivity contribution in [2.45, 2.75) is 19.6 Å². The molecular weight excluding hydrogens is 534 g/mol. The molecule has 0 spiro atoms. The normalized spacial score (nSPS) is 15.3. The largest absolute Gasteiger partial charge is 0.493 e. The maximum absolute atomic E-state index is 13.0. The van der Waals surface area contributed by atoms with Crippen LogP contribution in [0.4, 0.5) is 3.89 Å². The van der Waals surface area contributed by atoms with Gasteiger partial charge in [0.15, 0.2) is 0 Å². The molecule has 206 valence electrons. The van der Waals surface area contributed by atoms with Crippen molar-refractivity contribution in [2.24, 2.45) is 5.41 Å². The molecule has 0 radical (unpaired) electrons. The second-order valence-electron chi connectivity index (χ2n) is 10.2. The predicted molar refractivity (Wildman–Crippen MR) is 150 cm³/mol. The zero-order valence-electron chi connectivity index (χ0n) is 22.0. The van der Waals surface area contributed by atoms with Crippen LogP contribution in [0.5, 0.6) is 17.2 Å². The smallest absolute Gasteiger partial charge is 0.444 e. The van der Waals surface area contributed by atoms with Crippen LogP contribution in [0.3, 0.4) is 0 Å². The van der Waals surface area contributed by atoms with E-state index in [1.165, 1.54) is 24.3 Å². The van der Waals surface area contributed by atoms with Crippen molar-refractivity contribution in [3.05, 3.63) is 120 Å². The number of benzene rings is 4. The Bertz CT molecular complexity index is 1460. The minimum atomic E-state index is -5.15. The lowest BCUT2D eigenvalue weighted by Crippen LogP contribution is -2.47. The molecule has 0 aromatic heterocycles. The van der Waals surface area contributed by atoms with Gasteiger partial charge in [0.05, 0.1) is 0 Å². The number of rotatable bonds is 9. The first-order chi connectivity index (χ1) is 19.1. The molecule has 1 fully saturated rings. The summed E-state index contributed by atoms with van der Waals surface area (Å²) >= 11 is 0. The quantitative estimate of drug-likeness (QED) is 0.153. The second-order valence-corrected chi connectivity index (χ2v) is 11.1. The predicted octanol–water partition coefficient (Wildman–Crippen LogP) is 5.41. The minimum absolute atomic E-state index is 0.0354. The molecule has 40 heavy (non-hydrogen) atoms. The molecule has 5 rings (SSSR count). The lowest BCUT2D eigenvalue weighted by atomic mass is 9.76. The number of hydrogen-bond donors (Lipinski definition) is 0. The molecule has 0 amide bonds. The van der Waals surface area contributed by atoms with Crippen LogP contribution in [-0.4, -0.2) is 28.7 Å². The van der Waals surface area contributed by atoms with E-state index in [0.717, 1.165) is 5.46 Å². The summed E-state index contributed by atoms with van der Waals surface area (Å²) in [5.41, 5.74) is 2.25. The van der Waals surface area contributed by atoms with Gasteiger partial charge < -0.3 is 23.0 Å². The van der Waals surface area contributed by atoms with E-state index in [1.54, 1.807) is 0 Å². The van der Waals surface area contributed by atoms with Crippen LogP contribution < -0.4 is 19.1 Å². The highest BCUT2D eigenvalue weighted by atomic mass is 32.3. The average molecular weight is 562 g/mol. The van der Waals surface area contributed by atoms with E-state index in [9.17, 15) is 12.3 Å². The Morgan fingerprint density at radius 2 is 1.12 bits per heavy atom. The van der Waals surface area contributed by atoms with Crippen molar-refractivity contribution in [3.63, 3.8) is 0 Å². The molecule has 0 unspecified atom stereocenters. The molecule has 4 aromatic rings. The molecule has 0 aliphatic carbocycles. The monoisotopic (exact) mass is 562 g/mol. The highest BCUT2D eigenvalue weighted by Crippen LogP contribution is 2.38. The maximum Gasteiger partial charge on any atom is 0.493 e. The van der Waals surface area contributed by atoms with Gasteiger partial charge in [0.25, 0.3) is 0 Å². The Balaban J connectivity index is 1.50. The van der Waals surface area contributed by atoms with E-state index >= 15 is 0 Å². The molecular formula is C30H28BFO7S. The molecule has 1 saturated heterocycles. The Kier molecular flexibility index (Phi) is 7.84. The van der Waals surface area contributed by atoms with Crippen LogP contribution in [0, 0.1) is 5.41 Å². The van der Waals surface area contributed by atoms with Gasteiger partial charge in [-0.05, 0) is 41.9 Å². The Labute approximate surface area is 234 Å². The van der Waals surface area contributed by atoms with E-state index in [-0.39, 0.29) is 11.2 Å². The standard InChI is InChI=1S/C30H28BFO7S/c1-29(2)21-35-31(36-22-29)25-13-15-26(16-14-25)37-30(23-9-5-3-6-10-23,24-11-7-4-8-12-24)38-27-17-19-28(20-18-27)39-40(32,33)34/h3-20H,21-22H2,1-2H3. The molecule has 7 nitrogen and oxygen atoms in total. The van der Waals surface area contributed by atoms with Crippen LogP contribution in [0.25, 0.3) is 0 Å². The highest BCUT2D eigenvalue weighted by molar-refractivity contribution is 7.81. The zero-order valence-corrected chi connectivity index (χ0v) is 22.8. The molecule has 0 bridgehead atoms. The molecule has 1 heterocycles. The number of hydrogen-bond acceptors (Lipinski definition) is 7. The van der Waals surface area contributed by atoms with Gasteiger partial charge in [-0.25, -0.2) is 0 Å². The first kappa shape index (κ1) is 27.7. The van der Waals surface area contributed by atoms with Crippen LogP contribution in [0.15, 0.2) is 109 Å². The third kappa shape index (κ3) is 6.64. The van der Waals surface area contributed by atoms with Gasteiger partial charge in [-0.2, -0.15) is 8.42 Å². The van der Waals surface area contributed by atoms with Crippen molar-refractivity contribution >= 4 is 23.1 Å². The van der Waals surface area contributed by atoms with E-state index in [4.69, 9.17) is 18.8 Å². The van der Waals surface area contributed by atoms with Gasteiger partial charge in [0, 0.05) is 29.8 Å². The average Bonchev–Trinajstić information content (AvgIpc) is 2.94. The highest BCUT2D eigenvalue weighted by Gasteiger charge is 2.40. The molecule has 10 heteroatoms. The molecule has 1 aliphatic heterocycles. The second kappa shape index (κ2) is 11.3. The van der Waals surface area contributed by atoms with Crippen molar-refractivity contribution in [3.8, 4) is 17.2 Å². The van der Waals surface area contributed by atoms with Crippen LogP contribution >= 0.6 is 0 Å². The molecule has 0 atom stereocenters. The summed E-state index contributed by atoms with van der Waals surface area (Å²) in [6.45, 7) is 5.37. The van der Waals surface area contributed by atoms with Gasteiger partial charge >= 0.3 is 23.4 Å². The van der Waals surface area contributed by atoms with Crippen LogP contribution in [0.2, 0.25) is 0 Å². The fraction of sp³-hybridized carbons (Fsp3) is 0.200. The van der Waals surface area contributed by atoms with Gasteiger partial charge in [-0.3, -0.25) is 0 Å². The molecule has 1 aliphatic rings. The molecule has 0 saturated carbocycles. The van der Waals surface area contributed by atoms with Crippen LogP contribution in [0.1, 0.15) is 25.0 Å². The first-order valence-corrected chi connectivity index (χ1v) is 14.0. The molecule has 4 aromatic carbocycles. The van der Waals surface area contributed by atoms with Crippen molar-refractivity contribution in [1.29, 1.82) is 0 Å². The van der Waals surface area contributed by atoms with Gasteiger partial charge in [-0.1, -0.05) is 90.5 Å². The van der Waals surface area contributed by atoms with Gasteiger partial charge in [0.2, 0.25) is 0 Å². The molecule has 0 N–H and O–H groups in total. The summed E-state index contributed by atoms with van der Waals surface area (Å²) in [6.07, 6.45) is 0. The number of halogens is 1. The van der Waals surface area contributed by atoms with Crippen molar-refractivity contribution in [1.82, 2.24) is 0 Å². The van der Waals surface area contributed by atoms with Gasteiger partial charge in [-0.15, -0.1) is 0 Å². The fourth-order valence-electron chi connectivity index (χ4n) is 4.33. The zero-order chi connectivity index (χ0) is 28.2. The Morgan fingerprint density at radius 1 is 0.700 bits per heavy atom. The third-order valence-corrected chi connectivity index (χ3v) is 6.64. The first-order valence-electron chi connectivity index (χ1n) is 12.7. The minimum Gasteiger partial charge on any atom is -0.444 e. The Hall–Kier alpha value is -3.86. The summed E-state index contributed by atoms with van der Waals surface area (Å²) in [7, 11) is -5.61. The third-order valence-electron chi connectivity index (χ3n) is 6.25. The number of ether oxygens (including phenoxy) is 2. The topological polar surface area (TPSA) is 80.3 Å². The SMILES string of the molecule is CC1(C)COB(c2ccc(OC(Oc3ccc(OS(=O)(=O)F)cc3)(c3ccccc3)c3ccccc3)cc2)OC1. The summed E-state index contributed by atoms with van der Waals surface area (Å²) in [6, 6.07) is 31.9. The van der Waals surface area contributed by atoms with E-state index in [0.29, 0.717) is 35.8 Å². The van der Waals surface area contributed by atoms with E-state index < -0.39 is 23.4 Å². The summed E-state index contributed by atoms with van der Waals surface area (Å²) in [5, 5.41) is 0. The van der Waals surface area contributed by atoms with Crippen molar-refractivity contribution < 1.29 is 35.3 Å².